The summed E-state index contributed by atoms with van der Waals surface area (Å²) in [6, 6.07) is 15.4. The quantitative estimate of drug-likeness (QED) is 0.800. The number of nitrogens with zero attached hydrogens (tertiary/aromatic N) is 2. The Morgan fingerprint density at radius 2 is 1.91 bits per heavy atom. The summed E-state index contributed by atoms with van der Waals surface area (Å²) in [5, 5.41) is 2.99. The van der Waals surface area contributed by atoms with Gasteiger partial charge in [-0.25, -0.2) is 4.98 Å². The van der Waals surface area contributed by atoms with Crippen LogP contribution in [0.2, 0.25) is 0 Å². The third-order valence-electron chi connectivity index (χ3n) is 3.49. The first-order valence-corrected chi connectivity index (χ1v) is 7.14. The van der Waals surface area contributed by atoms with Crippen LogP contribution in [0.1, 0.15) is 21.5 Å². The van der Waals surface area contributed by atoms with E-state index in [1.54, 1.807) is 12.5 Å². The average molecular weight is 291 g/mol. The fraction of sp³-hybridized carbons (Fsp3) is 0.111. The minimum Gasteiger partial charge on any atom is -0.333 e. The van der Waals surface area contributed by atoms with Gasteiger partial charge in [0.1, 0.15) is 0 Å². The SMILES string of the molecule is Cc1ccc(C(=O)Nc2ccccc2Cn2ccnc2)cc1. The monoisotopic (exact) mass is 291 g/mol. The van der Waals surface area contributed by atoms with E-state index in [4.69, 9.17) is 0 Å². The first kappa shape index (κ1) is 14.1. The van der Waals surface area contributed by atoms with Gasteiger partial charge in [0.15, 0.2) is 0 Å². The Hall–Kier alpha value is -2.88. The van der Waals surface area contributed by atoms with Gasteiger partial charge in [-0.2, -0.15) is 0 Å². The number of aryl methyl sites for hydroxylation is 1. The third-order valence-corrected chi connectivity index (χ3v) is 3.49. The molecule has 2 aromatic carbocycles. The van der Waals surface area contributed by atoms with Crippen molar-refractivity contribution in [3.63, 3.8) is 0 Å². The predicted octanol–water partition coefficient (Wildman–Crippen LogP) is 3.49. The van der Waals surface area contributed by atoms with Gasteiger partial charge in [-0.1, -0.05) is 35.9 Å². The van der Waals surface area contributed by atoms with E-state index in [0.29, 0.717) is 12.1 Å². The normalized spacial score (nSPS) is 10.4. The maximum Gasteiger partial charge on any atom is 0.255 e. The van der Waals surface area contributed by atoms with Crippen LogP contribution in [0.3, 0.4) is 0 Å². The van der Waals surface area contributed by atoms with E-state index in [1.165, 1.54) is 0 Å². The molecule has 0 aliphatic heterocycles. The molecule has 0 spiro atoms. The molecule has 0 aliphatic rings. The molecule has 0 fully saturated rings. The Bertz CT molecular complexity index is 761. The van der Waals surface area contributed by atoms with E-state index < -0.39 is 0 Å². The van der Waals surface area contributed by atoms with E-state index in [1.807, 2.05) is 66.2 Å². The highest BCUT2D eigenvalue weighted by Gasteiger charge is 2.09. The molecule has 4 nitrogen and oxygen atoms in total. The highest BCUT2D eigenvalue weighted by Crippen LogP contribution is 2.17. The maximum atomic E-state index is 12.3. The summed E-state index contributed by atoms with van der Waals surface area (Å²) in [7, 11) is 0. The van der Waals surface area contributed by atoms with Gasteiger partial charge in [-0.15, -0.1) is 0 Å². The Labute approximate surface area is 129 Å². The minimum atomic E-state index is -0.0990. The molecule has 110 valence electrons. The lowest BCUT2D eigenvalue weighted by Crippen LogP contribution is -2.14. The number of para-hydroxylation sites is 1. The number of rotatable bonds is 4. The van der Waals surface area contributed by atoms with Gasteiger partial charge in [-0.05, 0) is 30.7 Å². The average Bonchev–Trinajstić information content (AvgIpc) is 3.03. The van der Waals surface area contributed by atoms with E-state index >= 15 is 0 Å². The molecule has 3 rings (SSSR count). The standard InChI is InChI=1S/C18H17N3O/c1-14-6-8-15(9-7-14)18(22)20-17-5-3-2-4-16(17)12-21-11-10-19-13-21/h2-11,13H,12H2,1H3,(H,20,22). The van der Waals surface area contributed by atoms with Crippen LogP contribution in [-0.4, -0.2) is 15.5 Å². The van der Waals surface area contributed by atoms with Crippen LogP contribution in [0.4, 0.5) is 5.69 Å². The summed E-state index contributed by atoms with van der Waals surface area (Å²) < 4.78 is 1.97. The van der Waals surface area contributed by atoms with E-state index in [9.17, 15) is 4.79 Å². The predicted molar refractivity (Wildman–Crippen MR) is 86.9 cm³/mol. The van der Waals surface area contributed by atoms with Crippen molar-refractivity contribution < 1.29 is 4.79 Å². The fourth-order valence-electron chi connectivity index (χ4n) is 2.26. The third kappa shape index (κ3) is 3.23. The van der Waals surface area contributed by atoms with E-state index in [2.05, 4.69) is 10.3 Å². The van der Waals surface area contributed by atoms with Crippen LogP contribution >= 0.6 is 0 Å². The Morgan fingerprint density at radius 3 is 2.64 bits per heavy atom. The molecule has 0 unspecified atom stereocenters. The summed E-state index contributed by atoms with van der Waals surface area (Å²) in [6.45, 7) is 2.67. The largest absolute Gasteiger partial charge is 0.333 e. The summed E-state index contributed by atoms with van der Waals surface area (Å²) in [5.41, 5.74) is 3.66. The zero-order valence-electron chi connectivity index (χ0n) is 12.4. The molecule has 4 heteroatoms. The number of imidazole rings is 1. The van der Waals surface area contributed by atoms with Crippen LogP contribution in [-0.2, 0) is 6.54 Å². The molecule has 3 aromatic rings. The maximum absolute atomic E-state index is 12.3. The molecule has 0 radical (unpaired) electrons. The van der Waals surface area contributed by atoms with Crippen LogP contribution in [0.5, 0.6) is 0 Å². The highest BCUT2D eigenvalue weighted by molar-refractivity contribution is 6.04. The van der Waals surface area contributed by atoms with Crippen molar-refractivity contribution in [2.24, 2.45) is 0 Å². The zero-order chi connectivity index (χ0) is 15.4. The van der Waals surface area contributed by atoms with Crippen LogP contribution < -0.4 is 5.32 Å². The Morgan fingerprint density at radius 1 is 1.14 bits per heavy atom. The van der Waals surface area contributed by atoms with Crippen molar-refractivity contribution in [3.8, 4) is 0 Å². The van der Waals surface area contributed by atoms with Gasteiger partial charge in [0.05, 0.1) is 12.9 Å². The molecule has 0 bridgehead atoms. The molecular formula is C18H17N3O. The molecule has 0 saturated heterocycles. The highest BCUT2D eigenvalue weighted by atomic mass is 16.1. The second-order valence-corrected chi connectivity index (χ2v) is 5.21. The molecule has 0 saturated carbocycles. The Kier molecular flexibility index (Phi) is 4.01. The number of anilines is 1. The van der Waals surface area contributed by atoms with Gasteiger partial charge in [0, 0.05) is 23.6 Å². The number of benzene rings is 2. The first-order valence-electron chi connectivity index (χ1n) is 7.14. The number of nitrogens with one attached hydrogen (secondary N) is 1. The van der Waals surface area contributed by atoms with Gasteiger partial charge >= 0.3 is 0 Å². The smallest absolute Gasteiger partial charge is 0.255 e. The molecule has 1 aromatic heterocycles. The van der Waals surface area contributed by atoms with Crippen LogP contribution in [0.25, 0.3) is 0 Å². The van der Waals surface area contributed by atoms with Crippen molar-refractivity contribution in [2.75, 3.05) is 5.32 Å². The van der Waals surface area contributed by atoms with Crippen molar-refractivity contribution in [1.29, 1.82) is 0 Å². The number of hydrogen-bond donors (Lipinski definition) is 1. The van der Waals surface area contributed by atoms with Crippen molar-refractivity contribution in [3.05, 3.63) is 83.9 Å². The van der Waals surface area contributed by atoms with E-state index in [0.717, 1.165) is 16.8 Å². The molecule has 1 amide bonds. The van der Waals surface area contributed by atoms with Crippen LogP contribution in [0, 0.1) is 6.92 Å². The zero-order valence-corrected chi connectivity index (χ0v) is 12.4. The number of carbonyl (C=O) groups is 1. The van der Waals surface area contributed by atoms with Gasteiger partial charge < -0.3 is 9.88 Å². The lowest BCUT2D eigenvalue weighted by Gasteiger charge is -2.11. The summed E-state index contributed by atoms with van der Waals surface area (Å²) >= 11 is 0. The topological polar surface area (TPSA) is 46.9 Å². The second kappa shape index (κ2) is 6.26. The minimum absolute atomic E-state index is 0.0990. The van der Waals surface area contributed by atoms with Gasteiger partial charge in [0.25, 0.3) is 5.91 Å². The number of amides is 1. The summed E-state index contributed by atoms with van der Waals surface area (Å²) in [5.74, 6) is -0.0990. The molecule has 22 heavy (non-hydrogen) atoms. The number of carbonyl (C=O) groups excluding carboxylic acids is 1. The van der Waals surface area contributed by atoms with Gasteiger partial charge in [0.2, 0.25) is 0 Å². The van der Waals surface area contributed by atoms with Crippen molar-refractivity contribution >= 4 is 11.6 Å². The lowest BCUT2D eigenvalue weighted by atomic mass is 10.1. The summed E-state index contributed by atoms with van der Waals surface area (Å²) in [6.07, 6.45) is 5.41. The first-order chi connectivity index (χ1) is 10.7. The molecule has 0 atom stereocenters. The second-order valence-electron chi connectivity index (χ2n) is 5.21. The molecule has 1 N–H and O–H groups in total. The molecule has 1 heterocycles. The number of hydrogen-bond acceptors (Lipinski definition) is 2. The van der Waals surface area contributed by atoms with Crippen molar-refractivity contribution in [2.45, 2.75) is 13.5 Å². The van der Waals surface area contributed by atoms with E-state index in [-0.39, 0.29) is 5.91 Å². The summed E-state index contributed by atoms with van der Waals surface area (Å²) in [4.78, 5) is 16.4. The lowest BCUT2D eigenvalue weighted by molar-refractivity contribution is 0.102. The fourth-order valence-corrected chi connectivity index (χ4v) is 2.26. The van der Waals surface area contributed by atoms with Crippen molar-refractivity contribution in [1.82, 2.24) is 9.55 Å². The van der Waals surface area contributed by atoms with Crippen LogP contribution in [0.15, 0.2) is 67.3 Å². The van der Waals surface area contributed by atoms with Gasteiger partial charge in [-0.3, -0.25) is 4.79 Å². The number of aromatic nitrogens is 2. The Balaban J connectivity index is 1.80. The molecule has 0 aliphatic carbocycles. The molecular weight excluding hydrogens is 274 g/mol.